The molecule has 3 N–H and O–H groups in total. The summed E-state index contributed by atoms with van der Waals surface area (Å²) in [6, 6.07) is 10.8. The van der Waals surface area contributed by atoms with Crippen molar-refractivity contribution in [2.75, 3.05) is 16.4 Å². The van der Waals surface area contributed by atoms with E-state index in [1.54, 1.807) is 35.6 Å². The molecular formula is C20H20N4O3S3. The molecule has 7 nitrogen and oxygen atoms in total. The summed E-state index contributed by atoms with van der Waals surface area (Å²) in [5, 5.41) is 12.2. The molecule has 0 aliphatic heterocycles. The highest BCUT2D eigenvalue weighted by Gasteiger charge is 2.10. The predicted molar refractivity (Wildman–Crippen MR) is 122 cm³/mol. The molecule has 156 valence electrons. The van der Waals surface area contributed by atoms with Crippen molar-refractivity contribution in [2.45, 2.75) is 24.2 Å². The molecule has 2 heterocycles. The lowest BCUT2D eigenvalue weighted by Crippen LogP contribution is -2.24. The number of hydrogen-bond acceptors (Lipinski definition) is 7. The third kappa shape index (κ3) is 7.29. The SMILES string of the molecule is CC(=O)Nc1ccc(NC(=O)CSc2nc(CC(=O)NCc3cccs3)cs2)cc1. The molecule has 10 heteroatoms. The molecule has 0 aliphatic rings. The van der Waals surface area contributed by atoms with Gasteiger partial charge in [-0.2, -0.15) is 0 Å². The van der Waals surface area contributed by atoms with Crippen molar-refractivity contribution in [1.82, 2.24) is 10.3 Å². The molecule has 2 aromatic heterocycles. The Balaban J connectivity index is 1.40. The Morgan fingerprint density at radius 3 is 2.40 bits per heavy atom. The smallest absolute Gasteiger partial charge is 0.234 e. The summed E-state index contributed by atoms with van der Waals surface area (Å²) in [6.07, 6.45) is 0.218. The zero-order valence-electron chi connectivity index (χ0n) is 16.1. The van der Waals surface area contributed by atoms with Crippen LogP contribution in [0.3, 0.4) is 0 Å². The van der Waals surface area contributed by atoms with E-state index >= 15 is 0 Å². The Morgan fingerprint density at radius 1 is 1.00 bits per heavy atom. The fourth-order valence-electron chi connectivity index (χ4n) is 2.43. The Hall–Kier alpha value is -2.69. The van der Waals surface area contributed by atoms with E-state index in [2.05, 4.69) is 20.9 Å². The van der Waals surface area contributed by atoms with Gasteiger partial charge in [-0.1, -0.05) is 17.8 Å². The fourth-order valence-corrected chi connectivity index (χ4v) is 4.72. The minimum Gasteiger partial charge on any atom is -0.351 e. The first-order valence-corrected chi connectivity index (χ1v) is 11.8. The topological polar surface area (TPSA) is 100 Å². The zero-order chi connectivity index (χ0) is 21.3. The van der Waals surface area contributed by atoms with Crippen LogP contribution < -0.4 is 16.0 Å². The van der Waals surface area contributed by atoms with Crippen LogP contribution in [0.15, 0.2) is 51.5 Å². The van der Waals surface area contributed by atoms with E-state index in [1.165, 1.54) is 30.0 Å². The number of anilines is 2. The van der Waals surface area contributed by atoms with Crippen molar-refractivity contribution in [3.8, 4) is 0 Å². The molecule has 0 spiro atoms. The van der Waals surface area contributed by atoms with Gasteiger partial charge in [0.25, 0.3) is 0 Å². The first kappa shape index (κ1) is 22.0. The number of nitrogens with zero attached hydrogens (tertiary/aromatic N) is 1. The van der Waals surface area contributed by atoms with Crippen LogP contribution in [-0.2, 0) is 27.3 Å². The molecule has 0 fully saturated rings. The minimum atomic E-state index is -0.155. The van der Waals surface area contributed by atoms with Gasteiger partial charge < -0.3 is 16.0 Å². The summed E-state index contributed by atoms with van der Waals surface area (Å²) in [4.78, 5) is 40.7. The third-order valence-electron chi connectivity index (χ3n) is 3.73. The maximum atomic E-state index is 12.1. The molecule has 0 saturated heterocycles. The van der Waals surface area contributed by atoms with Crippen LogP contribution in [-0.4, -0.2) is 28.5 Å². The molecule has 1 aromatic carbocycles. The zero-order valence-corrected chi connectivity index (χ0v) is 18.6. The predicted octanol–water partition coefficient (Wildman–Crippen LogP) is 3.75. The van der Waals surface area contributed by atoms with Crippen molar-refractivity contribution in [1.29, 1.82) is 0 Å². The van der Waals surface area contributed by atoms with Gasteiger partial charge in [-0.25, -0.2) is 4.98 Å². The maximum absolute atomic E-state index is 12.1. The Kier molecular flexibility index (Phi) is 8.00. The number of thiophene rings is 1. The van der Waals surface area contributed by atoms with Gasteiger partial charge in [0.05, 0.1) is 24.4 Å². The summed E-state index contributed by atoms with van der Waals surface area (Å²) in [5.74, 6) is -0.167. The average Bonchev–Trinajstić information content (AvgIpc) is 3.38. The quantitative estimate of drug-likeness (QED) is 0.422. The highest BCUT2D eigenvalue weighted by Crippen LogP contribution is 2.23. The number of nitrogens with one attached hydrogen (secondary N) is 3. The lowest BCUT2D eigenvalue weighted by molar-refractivity contribution is -0.120. The van der Waals surface area contributed by atoms with Gasteiger partial charge in [0.1, 0.15) is 0 Å². The summed E-state index contributed by atoms with van der Waals surface area (Å²) in [6.45, 7) is 1.96. The number of thiazole rings is 1. The van der Waals surface area contributed by atoms with Gasteiger partial charge in [0, 0.05) is 28.6 Å². The molecule has 3 amide bonds. The van der Waals surface area contributed by atoms with Crippen LogP contribution in [0.25, 0.3) is 0 Å². The maximum Gasteiger partial charge on any atom is 0.234 e. The Morgan fingerprint density at radius 2 is 1.73 bits per heavy atom. The molecule has 0 radical (unpaired) electrons. The van der Waals surface area contributed by atoms with E-state index in [9.17, 15) is 14.4 Å². The van der Waals surface area contributed by atoms with Crippen molar-refractivity contribution >= 4 is 63.5 Å². The van der Waals surface area contributed by atoms with E-state index in [0.717, 1.165) is 9.22 Å². The number of rotatable bonds is 9. The lowest BCUT2D eigenvalue weighted by Gasteiger charge is -2.06. The molecule has 30 heavy (non-hydrogen) atoms. The summed E-state index contributed by atoms with van der Waals surface area (Å²) in [7, 11) is 0. The molecule has 0 bridgehead atoms. The molecule has 0 atom stereocenters. The summed E-state index contributed by atoms with van der Waals surface area (Å²) < 4.78 is 0.743. The number of thioether (sulfide) groups is 1. The largest absolute Gasteiger partial charge is 0.351 e. The van der Waals surface area contributed by atoms with E-state index in [0.29, 0.717) is 23.6 Å². The molecule has 3 rings (SSSR count). The van der Waals surface area contributed by atoms with Crippen LogP contribution in [0.2, 0.25) is 0 Å². The number of carbonyl (C=O) groups excluding carboxylic acids is 3. The summed E-state index contributed by atoms with van der Waals surface area (Å²) in [5.41, 5.74) is 2.02. The number of hydrogen-bond donors (Lipinski definition) is 3. The second-order valence-corrected chi connectivity index (χ2v) is 9.35. The molecule has 3 aromatic rings. The van der Waals surface area contributed by atoms with Crippen LogP contribution in [0.5, 0.6) is 0 Å². The Bertz CT molecular complexity index is 1000. The molecule has 0 saturated carbocycles. The molecular weight excluding hydrogens is 440 g/mol. The highest BCUT2D eigenvalue weighted by atomic mass is 32.2. The third-order valence-corrected chi connectivity index (χ3v) is 6.67. The van der Waals surface area contributed by atoms with Gasteiger partial charge in [0.15, 0.2) is 4.34 Å². The Labute approximate surface area is 186 Å². The van der Waals surface area contributed by atoms with E-state index in [-0.39, 0.29) is 29.9 Å². The number of benzene rings is 1. The second kappa shape index (κ2) is 10.9. The van der Waals surface area contributed by atoms with Gasteiger partial charge in [-0.3, -0.25) is 14.4 Å². The van der Waals surface area contributed by atoms with Gasteiger partial charge in [0.2, 0.25) is 17.7 Å². The monoisotopic (exact) mass is 460 g/mol. The van der Waals surface area contributed by atoms with Gasteiger partial charge in [-0.15, -0.1) is 22.7 Å². The second-order valence-electron chi connectivity index (χ2n) is 6.23. The standard InChI is InChI=1S/C20H20N4O3S3/c1-13(25)22-14-4-6-15(7-5-14)23-19(27)12-30-20-24-16(11-29-20)9-18(26)21-10-17-3-2-8-28-17/h2-8,11H,9-10,12H2,1H3,(H,21,26)(H,22,25)(H,23,27). The van der Waals surface area contributed by atoms with Crippen LogP contribution >= 0.6 is 34.4 Å². The van der Waals surface area contributed by atoms with Crippen molar-refractivity contribution in [3.63, 3.8) is 0 Å². The van der Waals surface area contributed by atoms with Crippen molar-refractivity contribution in [2.24, 2.45) is 0 Å². The molecule has 0 unspecified atom stereocenters. The highest BCUT2D eigenvalue weighted by molar-refractivity contribution is 8.01. The number of carbonyl (C=O) groups is 3. The van der Waals surface area contributed by atoms with Crippen molar-refractivity contribution in [3.05, 3.63) is 57.7 Å². The normalized spacial score (nSPS) is 10.4. The summed E-state index contributed by atoms with van der Waals surface area (Å²) >= 11 is 4.35. The minimum absolute atomic E-state index is 0.0781. The lowest BCUT2D eigenvalue weighted by atomic mass is 10.3. The van der Waals surface area contributed by atoms with Crippen molar-refractivity contribution < 1.29 is 14.4 Å². The van der Waals surface area contributed by atoms with Gasteiger partial charge >= 0.3 is 0 Å². The van der Waals surface area contributed by atoms with E-state index in [4.69, 9.17) is 0 Å². The van der Waals surface area contributed by atoms with Crippen LogP contribution in [0, 0.1) is 0 Å². The molecule has 0 aliphatic carbocycles. The first-order chi connectivity index (χ1) is 14.5. The van der Waals surface area contributed by atoms with Crippen LogP contribution in [0.4, 0.5) is 11.4 Å². The first-order valence-electron chi connectivity index (χ1n) is 9.02. The number of aromatic nitrogens is 1. The fraction of sp³-hybridized carbons (Fsp3) is 0.200. The number of amides is 3. The van der Waals surface area contributed by atoms with E-state index < -0.39 is 0 Å². The average molecular weight is 461 g/mol. The van der Waals surface area contributed by atoms with Gasteiger partial charge in [-0.05, 0) is 35.7 Å². The van der Waals surface area contributed by atoms with Crippen LogP contribution in [0.1, 0.15) is 17.5 Å². The van der Waals surface area contributed by atoms with E-state index in [1.807, 2.05) is 22.9 Å².